The number of rotatable bonds is 0. The van der Waals surface area contributed by atoms with Gasteiger partial charge >= 0.3 is 0 Å². The molecule has 0 aliphatic carbocycles. The lowest BCUT2D eigenvalue weighted by Gasteiger charge is -2.35. The zero-order valence-corrected chi connectivity index (χ0v) is 6.31. The van der Waals surface area contributed by atoms with Crippen molar-refractivity contribution in [2.75, 3.05) is 19.8 Å². The van der Waals surface area contributed by atoms with E-state index in [9.17, 15) is 0 Å². The Morgan fingerprint density at radius 1 is 1.30 bits per heavy atom. The molecular formula is C8H15NO. The minimum Gasteiger partial charge on any atom is -0.381 e. The van der Waals surface area contributed by atoms with Crippen molar-refractivity contribution >= 4 is 0 Å². The molecule has 2 heterocycles. The zero-order valence-electron chi connectivity index (χ0n) is 6.31. The van der Waals surface area contributed by atoms with Crippen LogP contribution in [0.1, 0.15) is 19.3 Å². The Labute approximate surface area is 61.9 Å². The van der Waals surface area contributed by atoms with Gasteiger partial charge in [-0.2, -0.15) is 0 Å². The molecule has 0 radical (unpaired) electrons. The predicted octanol–water partition coefficient (Wildman–Crippen LogP) is 0.775. The lowest BCUT2D eigenvalue weighted by atomic mass is 9.88. The van der Waals surface area contributed by atoms with Crippen LogP contribution in [0.3, 0.4) is 0 Å². The Balaban J connectivity index is 1.93. The SMILES string of the molecule is C1CN[C@@H]2CCOC[C@@H]2C1. The van der Waals surface area contributed by atoms with Crippen LogP contribution in [0.4, 0.5) is 0 Å². The first-order chi connectivity index (χ1) is 4.97. The van der Waals surface area contributed by atoms with E-state index in [0.29, 0.717) is 0 Å². The van der Waals surface area contributed by atoms with E-state index in [4.69, 9.17) is 4.74 Å². The first-order valence-electron chi connectivity index (χ1n) is 4.28. The zero-order chi connectivity index (χ0) is 6.81. The van der Waals surface area contributed by atoms with E-state index in [-0.39, 0.29) is 0 Å². The van der Waals surface area contributed by atoms with Crippen LogP contribution in [0.25, 0.3) is 0 Å². The fourth-order valence-corrected chi connectivity index (χ4v) is 2.00. The van der Waals surface area contributed by atoms with Gasteiger partial charge < -0.3 is 10.1 Å². The van der Waals surface area contributed by atoms with Gasteiger partial charge in [-0.1, -0.05) is 0 Å². The van der Waals surface area contributed by atoms with Crippen LogP contribution in [0.15, 0.2) is 0 Å². The molecule has 0 aromatic rings. The quantitative estimate of drug-likeness (QED) is 0.538. The first kappa shape index (κ1) is 6.62. The van der Waals surface area contributed by atoms with E-state index in [1.165, 1.54) is 25.8 Å². The highest BCUT2D eigenvalue weighted by atomic mass is 16.5. The molecule has 2 saturated heterocycles. The summed E-state index contributed by atoms with van der Waals surface area (Å²) >= 11 is 0. The summed E-state index contributed by atoms with van der Waals surface area (Å²) in [6.45, 7) is 3.19. The fourth-order valence-electron chi connectivity index (χ4n) is 2.00. The van der Waals surface area contributed by atoms with Crippen molar-refractivity contribution in [1.29, 1.82) is 0 Å². The average molecular weight is 141 g/mol. The highest BCUT2D eigenvalue weighted by Crippen LogP contribution is 2.22. The van der Waals surface area contributed by atoms with Gasteiger partial charge in [0.05, 0.1) is 6.61 Å². The van der Waals surface area contributed by atoms with Gasteiger partial charge in [0.25, 0.3) is 0 Å². The van der Waals surface area contributed by atoms with Crippen molar-refractivity contribution in [2.45, 2.75) is 25.3 Å². The molecule has 1 N–H and O–H groups in total. The second-order valence-corrected chi connectivity index (χ2v) is 3.33. The minimum absolute atomic E-state index is 0.780. The molecule has 2 nitrogen and oxygen atoms in total. The topological polar surface area (TPSA) is 21.3 Å². The summed E-state index contributed by atoms with van der Waals surface area (Å²) in [7, 11) is 0. The number of ether oxygens (including phenoxy) is 1. The molecule has 58 valence electrons. The van der Waals surface area contributed by atoms with Gasteiger partial charge in [0.1, 0.15) is 0 Å². The second-order valence-electron chi connectivity index (χ2n) is 3.33. The van der Waals surface area contributed by atoms with E-state index in [1.807, 2.05) is 0 Å². The number of nitrogens with one attached hydrogen (secondary N) is 1. The summed E-state index contributed by atoms with van der Waals surface area (Å²) in [6.07, 6.45) is 3.94. The van der Waals surface area contributed by atoms with Crippen molar-refractivity contribution < 1.29 is 4.74 Å². The molecule has 0 aromatic heterocycles. The van der Waals surface area contributed by atoms with Crippen LogP contribution in [-0.4, -0.2) is 25.8 Å². The second kappa shape index (κ2) is 2.89. The molecule has 0 bridgehead atoms. The van der Waals surface area contributed by atoms with Gasteiger partial charge in [0, 0.05) is 12.6 Å². The number of hydrogen-bond acceptors (Lipinski definition) is 2. The van der Waals surface area contributed by atoms with Crippen LogP contribution in [0.2, 0.25) is 0 Å². The highest BCUT2D eigenvalue weighted by Gasteiger charge is 2.27. The van der Waals surface area contributed by atoms with Crippen molar-refractivity contribution in [3.05, 3.63) is 0 Å². The van der Waals surface area contributed by atoms with Gasteiger partial charge in [0.2, 0.25) is 0 Å². The molecule has 0 amide bonds. The Hall–Kier alpha value is -0.0800. The third-order valence-electron chi connectivity index (χ3n) is 2.63. The Morgan fingerprint density at radius 3 is 3.20 bits per heavy atom. The van der Waals surface area contributed by atoms with Crippen molar-refractivity contribution in [1.82, 2.24) is 5.32 Å². The van der Waals surface area contributed by atoms with E-state index < -0.39 is 0 Å². The van der Waals surface area contributed by atoms with Crippen molar-refractivity contribution in [2.24, 2.45) is 5.92 Å². The smallest absolute Gasteiger partial charge is 0.0509 e. The molecule has 2 fully saturated rings. The van der Waals surface area contributed by atoms with Gasteiger partial charge in [0.15, 0.2) is 0 Å². The van der Waals surface area contributed by atoms with Crippen molar-refractivity contribution in [3.8, 4) is 0 Å². The van der Waals surface area contributed by atoms with Gasteiger partial charge in [-0.05, 0) is 31.7 Å². The molecule has 2 rings (SSSR count). The van der Waals surface area contributed by atoms with Gasteiger partial charge in [-0.15, -0.1) is 0 Å². The fraction of sp³-hybridized carbons (Fsp3) is 1.00. The monoisotopic (exact) mass is 141 g/mol. The van der Waals surface area contributed by atoms with E-state index in [0.717, 1.165) is 25.2 Å². The summed E-state index contributed by atoms with van der Waals surface area (Å²) in [5.41, 5.74) is 0. The first-order valence-corrected chi connectivity index (χ1v) is 4.28. The molecule has 2 heteroatoms. The van der Waals surface area contributed by atoms with Crippen molar-refractivity contribution in [3.63, 3.8) is 0 Å². The van der Waals surface area contributed by atoms with E-state index in [1.54, 1.807) is 0 Å². The van der Waals surface area contributed by atoms with Crippen LogP contribution < -0.4 is 5.32 Å². The average Bonchev–Trinajstić information content (AvgIpc) is 2.05. The molecular weight excluding hydrogens is 126 g/mol. The van der Waals surface area contributed by atoms with E-state index in [2.05, 4.69) is 5.32 Å². The molecule has 0 saturated carbocycles. The largest absolute Gasteiger partial charge is 0.381 e. The standard InChI is InChI=1S/C8H15NO/c1-2-7-6-10-5-3-8(7)9-4-1/h7-9H,1-6H2/t7-,8+/m0/s1. The summed E-state index contributed by atoms with van der Waals surface area (Å²) in [4.78, 5) is 0. The predicted molar refractivity (Wildman–Crippen MR) is 40.0 cm³/mol. The summed E-state index contributed by atoms with van der Waals surface area (Å²) in [5.74, 6) is 0.822. The van der Waals surface area contributed by atoms with Crippen LogP contribution in [-0.2, 0) is 4.74 Å². The minimum atomic E-state index is 0.780. The molecule has 0 aromatic carbocycles. The summed E-state index contributed by atoms with van der Waals surface area (Å²) < 4.78 is 5.40. The molecule has 10 heavy (non-hydrogen) atoms. The van der Waals surface area contributed by atoms with Crippen LogP contribution >= 0.6 is 0 Å². The Kier molecular flexibility index (Phi) is 1.91. The molecule has 0 unspecified atom stereocenters. The number of hydrogen-bond donors (Lipinski definition) is 1. The lowest BCUT2D eigenvalue weighted by Crippen LogP contribution is -2.46. The van der Waals surface area contributed by atoms with Gasteiger partial charge in [-0.3, -0.25) is 0 Å². The maximum Gasteiger partial charge on any atom is 0.0509 e. The molecule has 2 aliphatic rings. The molecule has 0 spiro atoms. The van der Waals surface area contributed by atoms with Crippen LogP contribution in [0, 0.1) is 5.92 Å². The third kappa shape index (κ3) is 1.18. The normalized spacial score (nSPS) is 40.8. The molecule has 2 atom stereocenters. The summed E-state index contributed by atoms with van der Waals surface area (Å²) in [5, 5.41) is 3.54. The number of piperidine rings is 1. The van der Waals surface area contributed by atoms with E-state index >= 15 is 0 Å². The third-order valence-corrected chi connectivity index (χ3v) is 2.63. The summed E-state index contributed by atoms with van der Waals surface area (Å²) in [6, 6.07) is 0.780. The maximum atomic E-state index is 5.40. The number of fused-ring (bicyclic) bond motifs is 1. The Bertz CT molecular complexity index is 89.8. The van der Waals surface area contributed by atoms with Crippen LogP contribution in [0.5, 0.6) is 0 Å². The highest BCUT2D eigenvalue weighted by molar-refractivity contribution is 4.83. The Morgan fingerprint density at radius 2 is 2.30 bits per heavy atom. The molecule has 2 aliphatic heterocycles. The maximum absolute atomic E-state index is 5.40. The van der Waals surface area contributed by atoms with Gasteiger partial charge in [-0.25, -0.2) is 0 Å². The lowest BCUT2D eigenvalue weighted by molar-refractivity contribution is 0.0187.